The number of dihydropyridines is 1. The van der Waals surface area contributed by atoms with E-state index in [0.717, 1.165) is 49.5 Å². The summed E-state index contributed by atoms with van der Waals surface area (Å²) in [6.45, 7) is 13.5. The van der Waals surface area contributed by atoms with Gasteiger partial charge in [-0.05, 0) is 55.8 Å². The highest BCUT2D eigenvalue weighted by atomic mass is 35.5. The molecule has 0 saturated carbocycles. The molecule has 2 aromatic carbocycles. The van der Waals surface area contributed by atoms with Crippen LogP contribution in [0.15, 0.2) is 83.0 Å². The molecule has 4 aliphatic heterocycles. The molecule has 5 aliphatic rings. The Bertz CT molecular complexity index is 1890. The van der Waals surface area contributed by atoms with E-state index in [0.29, 0.717) is 28.5 Å². The Kier molecular flexibility index (Phi) is 8.57. The molecule has 3 saturated heterocycles. The number of halogens is 3. The molecule has 2 aromatic rings. The van der Waals surface area contributed by atoms with E-state index in [4.69, 9.17) is 27.9 Å². The van der Waals surface area contributed by atoms with Gasteiger partial charge in [-0.15, -0.1) is 0 Å². The van der Waals surface area contributed by atoms with Crippen molar-refractivity contribution >= 4 is 39.8 Å². The zero-order valence-corrected chi connectivity index (χ0v) is 27.2. The first-order chi connectivity index (χ1) is 23.3. The van der Waals surface area contributed by atoms with Crippen molar-refractivity contribution < 1.29 is 18.3 Å². The lowest BCUT2D eigenvalue weighted by Crippen LogP contribution is -2.57. The second kappa shape index (κ2) is 12.8. The third-order valence-electron chi connectivity index (χ3n) is 10.5. The largest absolute Gasteiger partial charge is 0.475 e. The van der Waals surface area contributed by atoms with Gasteiger partial charge in [-0.3, -0.25) is 9.69 Å². The van der Waals surface area contributed by atoms with E-state index in [1.165, 1.54) is 4.90 Å². The summed E-state index contributed by atoms with van der Waals surface area (Å²) < 4.78 is 37.5. The van der Waals surface area contributed by atoms with Crippen molar-refractivity contribution in [1.82, 2.24) is 14.7 Å². The monoisotopic (exact) mass is 668 g/mol. The number of amides is 1. The average Bonchev–Trinajstić information content (AvgIpc) is 3.67. The minimum Gasteiger partial charge on any atom is -0.475 e. The van der Waals surface area contributed by atoms with Gasteiger partial charge in [0.05, 0.1) is 5.54 Å². The Labute approximate surface area is 283 Å². The number of hydrogen-bond acceptors (Lipinski definition) is 6. The number of piperazine rings is 1. The maximum Gasteiger partial charge on any atom is 0.282 e. The number of allylic oxidation sites excluding steroid dienone is 2. The first-order valence-electron chi connectivity index (χ1n) is 16.4. The van der Waals surface area contributed by atoms with Crippen molar-refractivity contribution in [3.63, 3.8) is 0 Å². The van der Waals surface area contributed by atoms with Crippen molar-refractivity contribution in [3.05, 3.63) is 100 Å². The van der Waals surface area contributed by atoms with Crippen LogP contribution in [0.3, 0.4) is 0 Å². The Morgan fingerprint density at radius 2 is 1.94 bits per heavy atom. The lowest BCUT2D eigenvalue weighted by Gasteiger charge is -2.45. The van der Waals surface area contributed by atoms with E-state index in [1.807, 2.05) is 41.3 Å². The highest BCUT2D eigenvalue weighted by Crippen LogP contribution is 2.45. The van der Waals surface area contributed by atoms with Gasteiger partial charge in [-0.2, -0.15) is 5.26 Å². The van der Waals surface area contributed by atoms with Gasteiger partial charge in [0.15, 0.2) is 5.83 Å². The highest BCUT2D eigenvalue weighted by Gasteiger charge is 2.47. The Balaban J connectivity index is 1.30. The normalized spacial score (nSPS) is 25.0. The number of ether oxygens (including phenoxy) is 1. The maximum absolute atomic E-state index is 17.0. The van der Waals surface area contributed by atoms with Crippen molar-refractivity contribution in [1.29, 1.82) is 5.26 Å². The van der Waals surface area contributed by atoms with E-state index in [2.05, 4.69) is 22.4 Å². The quantitative estimate of drug-likeness (QED) is 0.260. The molecule has 1 aliphatic carbocycles. The molecule has 0 spiro atoms. The summed E-state index contributed by atoms with van der Waals surface area (Å²) in [5.74, 6) is -2.97. The van der Waals surface area contributed by atoms with Crippen LogP contribution in [-0.4, -0.2) is 90.0 Å². The van der Waals surface area contributed by atoms with Gasteiger partial charge in [0, 0.05) is 47.2 Å². The van der Waals surface area contributed by atoms with Crippen LogP contribution in [0.2, 0.25) is 5.02 Å². The average molecular weight is 669 g/mol. The van der Waals surface area contributed by atoms with Crippen molar-refractivity contribution in [3.8, 4) is 6.07 Å². The first kappa shape index (κ1) is 32.1. The van der Waals surface area contributed by atoms with Crippen LogP contribution in [0.25, 0.3) is 21.2 Å². The van der Waals surface area contributed by atoms with Crippen molar-refractivity contribution in [2.24, 2.45) is 10.9 Å². The standard InChI is InChI=1S/C37H35ClF2N6O2/c1-23(39)36(47)46-18-17-44(21-25(46)20-42-2)34-28-12-11-27(26-9-3-7-24-8-4-10-30(38)31(24)26)32(40)33(28)43-35(29(34)19-41)48-22-37-13-5-15-45(37)16-6-14-37/h3-4,7-12,25,28,33H,1,5-6,13-18,20-22H2/t25-,28?,33?/m0/s1. The fourth-order valence-corrected chi connectivity index (χ4v) is 8.57. The summed E-state index contributed by atoms with van der Waals surface area (Å²) >= 11 is 6.64. The molecule has 3 fully saturated rings. The molecular weight excluding hydrogens is 634 g/mol. The lowest BCUT2D eigenvalue weighted by molar-refractivity contribution is -0.132. The van der Waals surface area contributed by atoms with E-state index >= 15 is 4.39 Å². The van der Waals surface area contributed by atoms with Crippen LogP contribution in [-0.2, 0) is 9.53 Å². The van der Waals surface area contributed by atoms with Gasteiger partial charge in [-0.1, -0.05) is 60.7 Å². The molecule has 7 rings (SSSR count). The van der Waals surface area contributed by atoms with Gasteiger partial charge in [-0.25, -0.2) is 20.3 Å². The molecule has 48 heavy (non-hydrogen) atoms. The number of fused-ring (bicyclic) bond motifs is 3. The number of nitrogens with zero attached hydrogens (tertiary/aromatic N) is 6. The minimum absolute atomic E-state index is 0.0648. The van der Waals surface area contributed by atoms with Crippen LogP contribution in [0.5, 0.6) is 0 Å². The number of hydrogen-bond donors (Lipinski definition) is 0. The molecular formula is C37H35ClF2N6O2. The molecule has 0 N–H and O–H groups in total. The predicted octanol–water partition coefficient (Wildman–Crippen LogP) is 6.48. The molecule has 8 nitrogen and oxygen atoms in total. The Hall–Kier alpha value is -4.51. The maximum atomic E-state index is 17.0. The van der Waals surface area contributed by atoms with E-state index in [-0.39, 0.29) is 43.2 Å². The van der Waals surface area contributed by atoms with E-state index in [1.54, 1.807) is 12.1 Å². The van der Waals surface area contributed by atoms with Gasteiger partial charge in [0.1, 0.15) is 36.2 Å². The third kappa shape index (κ3) is 5.38. The fraction of sp³-hybridized carbons (Fsp3) is 0.405. The van der Waals surface area contributed by atoms with Crippen LogP contribution in [0.1, 0.15) is 31.2 Å². The molecule has 2 unspecified atom stereocenters. The van der Waals surface area contributed by atoms with Crippen molar-refractivity contribution in [2.75, 3.05) is 45.9 Å². The topological polar surface area (TPSA) is 76.5 Å². The zero-order chi connectivity index (χ0) is 33.6. The van der Waals surface area contributed by atoms with Crippen LogP contribution in [0.4, 0.5) is 8.78 Å². The summed E-state index contributed by atoms with van der Waals surface area (Å²) in [7, 11) is 0. The molecule has 1 amide bonds. The molecule has 246 valence electrons. The number of carbonyl (C=O) groups excluding carboxylic acids is 1. The summed E-state index contributed by atoms with van der Waals surface area (Å²) in [5.41, 5.74) is 1.61. The highest BCUT2D eigenvalue weighted by molar-refractivity contribution is 6.36. The second-order valence-corrected chi connectivity index (χ2v) is 13.5. The molecule has 3 atom stereocenters. The molecule has 0 aromatic heterocycles. The summed E-state index contributed by atoms with van der Waals surface area (Å²) in [6.07, 6.45) is 7.71. The van der Waals surface area contributed by atoms with Crippen LogP contribution >= 0.6 is 11.6 Å². The number of aliphatic imine (C=N–C) groups is 1. The summed E-state index contributed by atoms with van der Waals surface area (Å²) in [5, 5.41) is 12.8. The number of nitriles is 1. The van der Waals surface area contributed by atoms with Gasteiger partial charge >= 0.3 is 0 Å². The Morgan fingerprint density at radius 1 is 1.19 bits per heavy atom. The van der Waals surface area contributed by atoms with Crippen LogP contribution in [0, 0.1) is 23.8 Å². The van der Waals surface area contributed by atoms with E-state index < -0.39 is 35.6 Å². The summed E-state index contributed by atoms with van der Waals surface area (Å²) in [6, 6.07) is 11.8. The molecule has 0 bridgehead atoms. The molecule has 11 heteroatoms. The second-order valence-electron chi connectivity index (χ2n) is 13.1. The summed E-state index contributed by atoms with van der Waals surface area (Å²) in [4.78, 5) is 26.7. The van der Waals surface area contributed by atoms with Crippen molar-refractivity contribution in [2.45, 2.75) is 43.3 Å². The molecule has 0 radical (unpaired) electrons. The first-order valence-corrected chi connectivity index (χ1v) is 16.7. The van der Waals surface area contributed by atoms with E-state index in [9.17, 15) is 14.4 Å². The molecule has 4 heterocycles. The lowest BCUT2D eigenvalue weighted by atomic mass is 9.81. The van der Waals surface area contributed by atoms with Gasteiger partial charge in [0.2, 0.25) is 12.4 Å². The van der Waals surface area contributed by atoms with Gasteiger partial charge in [0.25, 0.3) is 5.91 Å². The number of carbonyl (C=O) groups is 1. The van der Waals surface area contributed by atoms with Crippen LogP contribution < -0.4 is 0 Å². The third-order valence-corrected chi connectivity index (χ3v) is 10.8. The smallest absolute Gasteiger partial charge is 0.282 e. The predicted molar refractivity (Wildman–Crippen MR) is 181 cm³/mol. The Morgan fingerprint density at radius 3 is 2.65 bits per heavy atom. The number of rotatable bonds is 6. The number of benzene rings is 2. The minimum atomic E-state index is -1.09. The van der Waals surface area contributed by atoms with Gasteiger partial charge < -0.3 is 19.4 Å². The fourth-order valence-electron chi connectivity index (χ4n) is 8.29. The zero-order valence-electron chi connectivity index (χ0n) is 26.5. The SMILES string of the molecule is [C-]#[N+]C[C@H]1CN(C2=C(C#N)C(OCC34CCCN3CCC4)=NC3C(F)=C(c4cccc5cccc(Cl)c45)C=CC23)CCN1C(=O)C(=C)F.